The number of nitrogens with one attached hydrogen (secondary N) is 1. The summed E-state index contributed by atoms with van der Waals surface area (Å²) in [6.07, 6.45) is 1.82. The second kappa shape index (κ2) is 8.32. The van der Waals surface area contributed by atoms with Gasteiger partial charge in [0.05, 0.1) is 12.2 Å². The van der Waals surface area contributed by atoms with Crippen molar-refractivity contribution in [1.29, 1.82) is 0 Å². The van der Waals surface area contributed by atoms with E-state index in [1.807, 2.05) is 12.3 Å². The van der Waals surface area contributed by atoms with Gasteiger partial charge in [0, 0.05) is 26.3 Å². The Hall–Kier alpha value is -2.36. The Bertz CT molecular complexity index is 664. The third kappa shape index (κ3) is 4.81. The summed E-state index contributed by atoms with van der Waals surface area (Å²) in [5.74, 6) is 0.904. The molecule has 1 heterocycles. The van der Waals surface area contributed by atoms with Gasteiger partial charge in [-0.15, -0.1) is 0 Å². The standard InChI is InChI=1S/C19H26N4/c1-5-20-19(22-13-18-16(3)10-8-12-21-18)23(4)14-17-11-7-6-9-15(17)2/h6-12H,5,13-14H2,1-4H3,(H,20,22). The van der Waals surface area contributed by atoms with E-state index in [2.05, 4.69) is 73.4 Å². The number of aryl methyl sites for hydroxylation is 2. The monoisotopic (exact) mass is 310 g/mol. The molecule has 0 saturated carbocycles. The molecule has 2 aromatic rings. The van der Waals surface area contributed by atoms with Crippen LogP contribution in [0.5, 0.6) is 0 Å². The van der Waals surface area contributed by atoms with Crippen molar-refractivity contribution in [2.45, 2.75) is 33.9 Å². The van der Waals surface area contributed by atoms with E-state index < -0.39 is 0 Å². The summed E-state index contributed by atoms with van der Waals surface area (Å²) in [6.45, 7) is 8.57. The van der Waals surface area contributed by atoms with Gasteiger partial charge < -0.3 is 10.2 Å². The topological polar surface area (TPSA) is 40.5 Å². The van der Waals surface area contributed by atoms with Crippen molar-refractivity contribution in [2.24, 2.45) is 4.99 Å². The molecule has 0 amide bonds. The van der Waals surface area contributed by atoms with Crippen LogP contribution in [0, 0.1) is 13.8 Å². The van der Waals surface area contributed by atoms with Gasteiger partial charge in [-0.2, -0.15) is 0 Å². The van der Waals surface area contributed by atoms with Crippen molar-refractivity contribution in [3.05, 3.63) is 65.0 Å². The molecule has 0 bridgehead atoms. The molecule has 0 unspecified atom stereocenters. The zero-order valence-corrected chi connectivity index (χ0v) is 14.5. The summed E-state index contributed by atoms with van der Waals surface area (Å²) >= 11 is 0. The first-order valence-corrected chi connectivity index (χ1v) is 8.06. The summed E-state index contributed by atoms with van der Waals surface area (Å²) in [6, 6.07) is 12.5. The first kappa shape index (κ1) is 17.0. The average molecular weight is 310 g/mol. The second-order valence-electron chi connectivity index (χ2n) is 5.72. The highest BCUT2D eigenvalue weighted by Gasteiger charge is 2.08. The molecule has 1 aromatic heterocycles. The summed E-state index contributed by atoms with van der Waals surface area (Å²) in [5.41, 5.74) is 4.81. The number of pyridine rings is 1. The number of aliphatic imine (C=N–C) groups is 1. The van der Waals surface area contributed by atoms with Gasteiger partial charge in [-0.05, 0) is 43.5 Å². The Kier molecular flexibility index (Phi) is 6.15. The SMILES string of the molecule is CCNC(=NCc1ncccc1C)N(C)Cc1ccccc1C. The zero-order valence-electron chi connectivity index (χ0n) is 14.5. The van der Waals surface area contributed by atoms with E-state index in [9.17, 15) is 0 Å². The number of hydrogen-bond acceptors (Lipinski definition) is 2. The van der Waals surface area contributed by atoms with Crippen molar-refractivity contribution in [3.8, 4) is 0 Å². The van der Waals surface area contributed by atoms with Gasteiger partial charge in [0.25, 0.3) is 0 Å². The lowest BCUT2D eigenvalue weighted by molar-refractivity contribution is 0.475. The van der Waals surface area contributed by atoms with Crippen molar-refractivity contribution in [3.63, 3.8) is 0 Å². The first-order valence-electron chi connectivity index (χ1n) is 8.06. The van der Waals surface area contributed by atoms with Gasteiger partial charge in [-0.1, -0.05) is 30.3 Å². The fourth-order valence-electron chi connectivity index (χ4n) is 2.42. The number of aromatic nitrogens is 1. The second-order valence-corrected chi connectivity index (χ2v) is 5.72. The number of guanidine groups is 1. The fraction of sp³-hybridized carbons (Fsp3) is 0.368. The molecule has 0 atom stereocenters. The molecule has 0 spiro atoms. The zero-order chi connectivity index (χ0) is 16.7. The smallest absolute Gasteiger partial charge is 0.194 e. The molecule has 122 valence electrons. The molecular weight excluding hydrogens is 284 g/mol. The first-order chi connectivity index (χ1) is 11.1. The molecule has 4 heteroatoms. The van der Waals surface area contributed by atoms with Crippen molar-refractivity contribution >= 4 is 5.96 Å². The molecule has 0 fully saturated rings. The van der Waals surface area contributed by atoms with Crippen molar-refractivity contribution in [1.82, 2.24) is 15.2 Å². The summed E-state index contributed by atoms with van der Waals surface area (Å²) in [4.78, 5) is 11.3. The normalized spacial score (nSPS) is 11.4. The molecular formula is C19H26N4. The van der Waals surface area contributed by atoms with Crippen molar-refractivity contribution in [2.75, 3.05) is 13.6 Å². The van der Waals surface area contributed by atoms with Crippen LogP contribution in [0.3, 0.4) is 0 Å². The maximum atomic E-state index is 4.74. The van der Waals surface area contributed by atoms with Gasteiger partial charge in [0.1, 0.15) is 0 Å². The van der Waals surface area contributed by atoms with Crippen LogP contribution in [0.1, 0.15) is 29.3 Å². The van der Waals surface area contributed by atoms with E-state index in [0.29, 0.717) is 6.54 Å². The van der Waals surface area contributed by atoms with Gasteiger partial charge in [-0.25, -0.2) is 4.99 Å². The molecule has 23 heavy (non-hydrogen) atoms. The number of benzene rings is 1. The summed E-state index contributed by atoms with van der Waals surface area (Å²) in [5, 5.41) is 3.36. The predicted molar refractivity (Wildman–Crippen MR) is 96.4 cm³/mol. The minimum atomic E-state index is 0.590. The molecule has 0 saturated heterocycles. The predicted octanol–water partition coefficient (Wildman–Crippen LogP) is 3.30. The van der Waals surface area contributed by atoms with Gasteiger partial charge in [0.15, 0.2) is 5.96 Å². The van der Waals surface area contributed by atoms with Crippen LogP contribution in [-0.2, 0) is 13.1 Å². The Morgan fingerprint density at radius 3 is 2.57 bits per heavy atom. The van der Waals surface area contributed by atoms with Gasteiger partial charge in [-0.3, -0.25) is 4.98 Å². The quantitative estimate of drug-likeness (QED) is 0.680. The number of nitrogens with zero attached hydrogens (tertiary/aromatic N) is 3. The minimum absolute atomic E-state index is 0.590. The lowest BCUT2D eigenvalue weighted by Gasteiger charge is -2.23. The Balaban J connectivity index is 2.12. The maximum Gasteiger partial charge on any atom is 0.194 e. The van der Waals surface area contributed by atoms with Crippen LogP contribution in [0.4, 0.5) is 0 Å². The summed E-state index contributed by atoms with van der Waals surface area (Å²) in [7, 11) is 2.07. The number of rotatable bonds is 5. The molecule has 1 N–H and O–H groups in total. The third-order valence-electron chi connectivity index (χ3n) is 3.86. The van der Waals surface area contributed by atoms with Crippen molar-refractivity contribution < 1.29 is 0 Å². The Morgan fingerprint density at radius 1 is 1.13 bits per heavy atom. The maximum absolute atomic E-state index is 4.74. The number of hydrogen-bond donors (Lipinski definition) is 1. The largest absolute Gasteiger partial charge is 0.357 e. The third-order valence-corrected chi connectivity index (χ3v) is 3.86. The van der Waals surface area contributed by atoms with Crippen LogP contribution < -0.4 is 5.32 Å². The molecule has 2 rings (SSSR count). The minimum Gasteiger partial charge on any atom is -0.357 e. The summed E-state index contributed by atoms with van der Waals surface area (Å²) < 4.78 is 0. The van der Waals surface area contributed by atoms with Gasteiger partial charge >= 0.3 is 0 Å². The Morgan fingerprint density at radius 2 is 1.87 bits per heavy atom. The van der Waals surface area contributed by atoms with Crippen LogP contribution in [0.25, 0.3) is 0 Å². The Labute approximate surface area is 139 Å². The van der Waals surface area contributed by atoms with Crippen LogP contribution in [-0.4, -0.2) is 29.4 Å². The van der Waals surface area contributed by atoms with E-state index in [1.54, 1.807) is 0 Å². The van der Waals surface area contributed by atoms with E-state index in [0.717, 1.165) is 24.7 Å². The molecule has 0 radical (unpaired) electrons. The lowest BCUT2D eigenvalue weighted by Crippen LogP contribution is -2.38. The van der Waals surface area contributed by atoms with Crippen LogP contribution in [0.2, 0.25) is 0 Å². The fourth-order valence-corrected chi connectivity index (χ4v) is 2.42. The average Bonchev–Trinajstić information content (AvgIpc) is 2.55. The van der Waals surface area contributed by atoms with Crippen LogP contribution in [0.15, 0.2) is 47.6 Å². The van der Waals surface area contributed by atoms with Crippen LogP contribution >= 0.6 is 0 Å². The van der Waals surface area contributed by atoms with E-state index in [4.69, 9.17) is 4.99 Å². The highest BCUT2D eigenvalue weighted by molar-refractivity contribution is 5.79. The highest BCUT2D eigenvalue weighted by atomic mass is 15.3. The molecule has 1 aromatic carbocycles. The van der Waals surface area contributed by atoms with E-state index in [1.165, 1.54) is 16.7 Å². The molecule has 0 aliphatic heterocycles. The lowest BCUT2D eigenvalue weighted by atomic mass is 10.1. The molecule has 0 aliphatic rings. The van der Waals surface area contributed by atoms with E-state index >= 15 is 0 Å². The molecule has 0 aliphatic carbocycles. The molecule has 4 nitrogen and oxygen atoms in total. The van der Waals surface area contributed by atoms with E-state index in [-0.39, 0.29) is 0 Å². The highest BCUT2D eigenvalue weighted by Crippen LogP contribution is 2.10. The van der Waals surface area contributed by atoms with Gasteiger partial charge in [0.2, 0.25) is 0 Å².